The van der Waals surface area contributed by atoms with E-state index in [2.05, 4.69) is 0 Å². The monoisotopic (exact) mass is 254 g/mol. The van der Waals surface area contributed by atoms with Gasteiger partial charge in [0.15, 0.2) is 0 Å². The summed E-state index contributed by atoms with van der Waals surface area (Å²) < 4.78 is 18.3. The number of nitrogens with zero attached hydrogens (tertiary/aromatic N) is 1. The van der Waals surface area contributed by atoms with Crippen LogP contribution in [0.15, 0.2) is 18.2 Å². The van der Waals surface area contributed by atoms with Crippen LogP contribution < -0.4 is 5.73 Å². The second-order valence-electron chi connectivity index (χ2n) is 4.14. The number of hydrogen-bond acceptors (Lipinski definition) is 4. The fourth-order valence-electron chi connectivity index (χ4n) is 1.94. The summed E-state index contributed by atoms with van der Waals surface area (Å²) in [5, 5.41) is 9.20. The van der Waals surface area contributed by atoms with Gasteiger partial charge in [-0.2, -0.15) is 0 Å². The van der Waals surface area contributed by atoms with E-state index in [0.29, 0.717) is 13.2 Å². The largest absolute Gasteiger partial charge is 0.398 e. The zero-order valence-electron chi connectivity index (χ0n) is 9.80. The van der Waals surface area contributed by atoms with Crippen molar-refractivity contribution in [2.75, 3.05) is 32.1 Å². The van der Waals surface area contributed by atoms with Gasteiger partial charge in [-0.3, -0.25) is 4.79 Å². The van der Waals surface area contributed by atoms with E-state index in [-0.39, 0.29) is 30.4 Å². The Kier molecular flexibility index (Phi) is 3.78. The van der Waals surface area contributed by atoms with Crippen molar-refractivity contribution in [1.29, 1.82) is 0 Å². The van der Waals surface area contributed by atoms with E-state index in [1.807, 2.05) is 0 Å². The number of hydrogen-bond donors (Lipinski definition) is 2. The van der Waals surface area contributed by atoms with Gasteiger partial charge in [0.1, 0.15) is 5.82 Å². The molecule has 0 radical (unpaired) electrons. The topological polar surface area (TPSA) is 75.8 Å². The standard InChI is InChI=1S/C12H15FN2O3/c13-8-1-2-11(14)10(5-8)12(17)15-3-4-18-7-9(15)6-16/h1-2,5,9,16H,3-4,6-7,14H2. The van der Waals surface area contributed by atoms with E-state index in [0.717, 1.165) is 6.07 Å². The number of carbonyl (C=O) groups excluding carboxylic acids is 1. The summed E-state index contributed by atoms with van der Waals surface area (Å²) in [6.45, 7) is 0.843. The van der Waals surface area contributed by atoms with E-state index in [1.165, 1.54) is 17.0 Å². The van der Waals surface area contributed by atoms with Gasteiger partial charge in [-0.05, 0) is 18.2 Å². The van der Waals surface area contributed by atoms with Crippen LogP contribution >= 0.6 is 0 Å². The van der Waals surface area contributed by atoms with Gasteiger partial charge in [0, 0.05) is 12.2 Å². The minimum Gasteiger partial charge on any atom is -0.398 e. The Morgan fingerprint density at radius 1 is 1.61 bits per heavy atom. The highest BCUT2D eigenvalue weighted by Gasteiger charge is 2.28. The summed E-state index contributed by atoms with van der Waals surface area (Å²) in [5.74, 6) is -0.893. The summed E-state index contributed by atoms with van der Waals surface area (Å²) in [7, 11) is 0. The van der Waals surface area contributed by atoms with Crippen molar-refractivity contribution < 1.29 is 19.0 Å². The molecule has 1 aliphatic rings. The number of amides is 1. The zero-order valence-corrected chi connectivity index (χ0v) is 9.80. The average Bonchev–Trinajstić information content (AvgIpc) is 2.40. The molecule has 1 fully saturated rings. The molecule has 18 heavy (non-hydrogen) atoms. The Bertz CT molecular complexity index is 453. The summed E-state index contributed by atoms with van der Waals surface area (Å²) in [6, 6.07) is 3.27. The minimum atomic E-state index is -0.513. The fraction of sp³-hybridized carbons (Fsp3) is 0.417. The molecule has 1 saturated heterocycles. The summed E-state index contributed by atoms with van der Waals surface area (Å²) in [4.78, 5) is 13.7. The smallest absolute Gasteiger partial charge is 0.256 e. The number of aliphatic hydroxyl groups excluding tert-OH is 1. The molecule has 2 rings (SSSR count). The molecule has 0 bridgehead atoms. The number of ether oxygens (including phenoxy) is 1. The first-order valence-electron chi connectivity index (χ1n) is 5.68. The van der Waals surface area contributed by atoms with Gasteiger partial charge in [-0.25, -0.2) is 4.39 Å². The van der Waals surface area contributed by atoms with Gasteiger partial charge in [-0.1, -0.05) is 0 Å². The predicted octanol–water partition coefficient (Wildman–Crippen LogP) is 0.241. The number of halogens is 1. The second kappa shape index (κ2) is 5.32. The molecule has 1 heterocycles. The van der Waals surface area contributed by atoms with E-state index < -0.39 is 11.9 Å². The Hall–Kier alpha value is -1.66. The van der Waals surface area contributed by atoms with E-state index >= 15 is 0 Å². The van der Waals surface area contributed by atoms with Crippen molar-refractivity contribution in [2.45, 2.75) is 6.04 Å². The van der Waals surface area contributed by atoms with E-state index in [1.54, 1.807) is 0 Å². The lowest BCUT2D eigenvalue weighted by Gasteiger charge is -2.34. The second-order valence-corrected chi connectivity index (χ2v) is 4.14. The SMILES string of the molecule is Nc1ccc(F)cc1C(=O)N1CCOCC1CO. The number of anilines is 1. The van der Waals surface area contributed by atoms with Gasteiger partial charge >= 0.3 is 0 Å². The lowest BCUT2D eigenvalue weighted by Crippen LogP contribution is -2.50. The summed E-state index contributed by atoms with van der Waals surface area (Å²) in [6.07, 6.45) is 0. The third-order valence-corrected chi connectivity index (χ3v) is 2.94. The Labute approximate surface area is 104 Å². The summed E-state index contributed by atoms with van der Waals surface area (Å²) >= 11 is 0. The van der Waals surface area contributed by atoms with Gasteiger partial charge in [0.2, 0.25) is 0 Å². The highest BCUT2D eigenvalue weighted by Crippen LogP contribution is 2.18. The van der Waals surface area contributed by atoms with Gasteiger partial charge in [0.25, 0.3) is 5.91 Å². The first-order chi connectivity index (χ1) is 8.63. The van der Waals surface area contributed by atoms with Crippen LogP contribution in [0.2, 0.25) is 0 Å². The number of morpholine rings is 1. The lowest BCUT2D eigenvalue weighted by molar-refractivity contribution is -0.0183. The molecule has 3 N–H and O–H groups in total. The number of aliphatic hydroxyl groups is 1. The molecular formula is C12H15FN2O3. The molecule has 1 amide bonds. The fourth-order valence-corrected chi connectivity index (χ4v) is 1.94. The molecule has 5 nitrogen and oxygen atoms in total. The van der Waals surface area contributed by atoms with Crippen molar-refractivity contribution >= 4 is 11.6 Å². The molecule has 1 aliphatic heterocycles. The van der Waals surface area contributed by atoms with E-state index in [9.17, 15) is 14.3 Å². The van der Waals surface area contributed by atoms with Gasteiger partial charge < -0.3 is 20.5 Å². The highest BCUT2D eigenvalue weighted by molar-refractivity contribution is 5.99. The van der Waals surface area contributed by atoms with Gasteiger partial charge in [-0.15, -0.1) is 0 Å². The molecule has 0 aliphatic carbocycles. The van der Waals surface area contributed by atoms with Crippen molar-refractivity contribution in [3.63, 3.8) is 0 Å². The molecule has 0 aromatic heterocycles. The number of rotatable bonds is 2. The number of nitrogen functional groups attached to an aromatic ring is 1. The van der Waals surface area contributed by atoms with Crippen LogP contribution in [0, 0.1) is 5.82 Å². The molecule has 6 heteroatoms. The Balaban J connectivity index is 2.26. The lowest BCUT2D eigenvalue weighted by atomic mass is 10.1. The first-order valence-corrected chi connectivity index (χ1v) is 5.68. The van der Waals surface area contributed by atoms with Crippen molar-refractivity contribution in [3.8, 4) is 0 Å². The maximum absolute atomic E-state index is 13.2. The molecule has 1 unspecified atom stereocenters. The first kappa shape index (κ1) is 12.8. The molecule has 0 spiro atoms. The minimum absolute atomic E-state index is 0.121. The highest BCUT2D eigenvalue weighted by atomic mass is 19.1. The zero-order chi connectivity index (χ0) is 13.1. The molecule has 98 valence electrons. The number of carbonyl (C=O) groups is 1. The molecule has 1 aromatic carbocycles. The predicted molar refractivity (Wildman–Crippen MR) is 63.5 cm³/mol. The quantitative estimate of drug-likeness (QED) is 0.741. The molecule has 1 atom stereocenters. The Morgan fingerprint density at radius 3 is 3.11 bits per heavy atom. The van der Waals surface area contributed by atoms with Crippen LogP contribution in [-0.4, -0.2) is 48.3 Å². The molecular weight excluding hydrogens is 239 g/mol. The maximum Gasteiger partial charge on any atom is 0.256 e. The third kappa shape index (κ3) is 2.44. The van der Waals surface area contributed by atoms with E-state index in [4.69, 9.17) is 10.5 Å². The normalized spacial score (nSPS) is 19.9. The van der Waals surface area contributed by atoms with Crippen LogP contribution in [-0.2, 0) is 4.74 Å². The summed E-state index contributed by atoms with van der Waals surface area (Å²) in [5.41, 5.74) is 6.02. The third-order valence-electron chi connectivity index (χ3n) is 2.94. The van der Waals surface area contributed by atoms with Crippen LogP contribution in [0.4, 0.5) is 10.1 Å². The van der Waals surface area contributed by atoms with Crippen molar-refractivity contribution in [1.82, 2.24) is 4.90 Å². The van der Waals surface area contributed by atoms with Crippen LogP contribution in [0.1, 0.15) is 10.4 Å². The van der Waals surface area contributed by atoms with Crippen LogP contribution in [0.25, 0.3) is 0 Å². The van der Waals surface area contributed by atoms with Crippen LogP contribution in [0.5, 0.6) is 0 Å². The maximum atomic E-state index is 13.2. The average molecular weight is 254 g/mol. The number of nitrogens with two attached hydrogens (primary N) is 1. The van der Waals surface area contributed by atoms with Crippen molar-refractivity contribution in [3.05, 3.63) is 29.6 Å². The van der Waals surface area contributed by atoms with Crippen LogP contribution in [0.3, 0.4) is 0 Å². The van der Waals surface area contributed by atoms with Crippen molar-refractivity contribution in [2.24, 2.45) is 0 Å². The Morgan fingerprint density at radius 2 is 2.39 bits per heavy atom. The molecule has 1 aromatic rings. The van der Waals surface area contributed by atoms with Gasteiger partial charge in [0.05, 0.1) is 31.4 Å². The number of benzene rings is 1. The molecule has 0 saturated carbocycles.